The van der Waals surface area contributed by atoms with E-state index in [-0.39, 0.29) is 16.7 Å². The van der Waals surface area contributed by atoms with Crippen molar-refractivity contribution in [3.63, 3.8) is 0 Å². The van der Waals surface area contributed by atoms with E-state index in [9.17, 15) is 19.5 Å². The predicted molar refractivity (Wildman–Crippen MR) is 79.8 cm³/mol. The lowest BCUT2D eigenvalue weighted by Gasteiger charge is -2.33. The Bertz CT molecular complexity index is 478. The van der Waals surface area contributed by atoms with Crippen molar-refractivity contribution in [2.24, 2.45) is 0 Å². The number of nitrogens with one attached hydrogen (secondary N) is 1. The fourth-order valence-corrected chi connectivity index (χ4v) is 4.55. The van der Waals surface area contributed by atoms with Gasteiger partial charge in [0.05, 0.1) is 4.87 Å². The van der Waals surface area contributed by atoms with Gasteiger partial charge < -0.3 is 15.3 Å². The molecule has 0 aromatic rings. The molecule has 118 valence electrons. The Hall–Kier alpha value is -1.24. The Kier molecular flexibility index (Phi) is 4.24. The van der Waals surface area contributed by atoms with Gasteiger partial charge in [0.1, 0.15) is 11.6 Å². The summed E-state index contributed by atoms with van der Waals surface area (Å²) in [5.74, 6) is -0.872. The third kappa shape index (κ3) is 2.52. The standard InChI is InChI=1S/C14H22N2O4S/c1-4-14(5-2,12(19)20)15-11(18)9-8-21-13(3)7-6-10(17)16(9)13/h9H,4-8H2,1-3H3,(H,15,18)(H,19,20). The van der Waals surface area contributed by atoms with Gasteiger partial charge in [0.25, 0.3) is 0 Å². The SMILES string of the molecule is CCC(CC)(NC(=O)C1CSC2(C)CCC(=O)N12)C(=O)O. The molecule has 0 bridgehead atoms. The summed E-state index contributed by atoms with van der Waals surface area (Å²) in [4.78, 5) is 37.4. The average Bonchev–Trinajstić information content (AvgIpc) is 2.93. The highest BCUT2D eigenvalue weighted by atomic mass is 32.2. The first-order valence-corrected chi connectivity index (χ1v) is 8.30. The molecule has 2 fully saturated rings. The molecular formula is C14H22N2O4S. The number of carboxylic acids is 1. The highest BCUT2D eigenvalue weighted by molar-refractivity contribution is 8.01. The smallest absolute Gasteiger partial charge is 0.329 e. The van der Waals surface area contributed by atoms with E-state index in [2.05, 4.69) is 5.32 Å². The first-order valence-electron chi connectivity index (χ1n) is 7.31. The second-order valence-electron chi connectivity index (χ2n) is 5.85. The minimum atomic E-state index is -1.25. The topological polar surface area (TPSA) is 86.7 Å². The maximum Gasteiger partial charge on any atom is 0.329 e. The van der Waals surface area contributed by atoms with E-state index in [4.69, 9.17) is 0 Å². The van der Waals surface area contributed by atoms with Crippen LogP contribution in [-0.4, -0.2) is 50.0 Å². The second-order valence-corrected chi connectivity index (χ2v) is 7.35. The first-order chi connectivity index (χ1) is 9.79. The molecule has 21 heavy (non-hydrogen) atoms. The molecule has 2 aliphatic heterocycles. The average molecular weight is 314 g/mol. The van der Waals surface area contributed by atoms with Crippen LogP contribution in [0.5, 0.6) is 0 Å². The molecule has 2 atom stereocenters. The molecular weight excluding hydrogens is 292 g/mol. The van der Waals surface area contributed by atoms with Crippen molar-refractivity contribution in [2.45, 2.75) is 62.9 Å². The van der Waals surface area contributed by atoms with Crippen LogP contribution >= 0.6 is 11.8 Å². The van der Waals surface area contributed by atoms with E-state index < -0.39 is 17.6 Å². The molecule has 0 aromatic heterocycles. The molecule has 2 saturated heterocycles. The van der Waals surface area contributed by atoms with Gasteiger partial charge in [0.15, 0.2) is 0 Å². The molecule has 2 heterocycles. The number of aliphatic carboxylic acids is 1. The maximum absolute atomic E-state index is 12.5. The van der Waals surface area contributed by atoms with E-state index in [1.807, 2.05) is 6.92 Å². The van der Waals surface area contributed by atoms with Gasteiger partial charge in [-0.25, -0.2) is 4.79 Å². The fourth-order valence-electron chi connectivity index (χ4n) is 3.12. The molecule has 0 radical (unpaired) electrons. The predicted octanol–water partition coefficient (Wildman–Crippen LogP) is 1.20. The van der Waals surface area contributed by atoms with Crippen LogP contribution in [0.1, 0.15) is 46.5 Å². The monoisotopic (exact) mass is 314 g/mol. The summed E-state index contributed by atoms with van der Waals surface area (Å²) in [5, 5.41) is 12.1. The molecule has 0 aliphatic carbocycles. The molecule has 0 saturated carbocycles. The van der Waals surface area contributed by atoms with Crippen LogP contribution in [-0.2, 0) is 14.4 Å². The number of carboxylic acid groups (broad SMARTS) is 1. The van der Waals surface area contributed by atoms with Gasteiger partial charge in [0.2, 0.25) is 11.8 Å². The van der Waals surface area contributed by atoms with E-state index in [1.54, 1.807) is 30.5 Å². The quantitative estimate of drug-likeness (QED) is 0.796. The zero-order valence-electron chi connectivity index (χ0n) is 12.6. The Morgan fingerprint density at radius 3 is 2.62 bits per heavy atom. The van der Waals surface area contributed by atoms with Gasteiger partial charge in [-0.2, -0.15) is 0 Å². The molecule has 2 rings (SSSR count). The van der Waals surface area contributed by atoms with Crippen LogP contribution in [0.3, 0.4) is 0 Å². The van der Waals surface area contributed by atoms with Crippen molar-refractivity contribution in [3.8, 4) is 0 Å². The molecule has 2 aliphatic rings. The highest BCUT2D eigenvalue weighted by Crippen LogP contribution is 2.47. The van der Waals surface area contributed by atoms with Crippen molar-refractivity contribution in [1.29, 1.82) is 0 Å². The largest absolute Gasteiger partial charge is 0.480 e. The third-order valence-corrected chi connectivity index (χ3v) is 6.23. The second kappa shape index (κ2) is 5.51. The third-order valence-electron chi connectivity index (χ3n) is 4.73. The van der Waals surface area contributed by atoms with E-state index in [0.29, 0.717) is 25.0 Å². The number of amides is 2. The minimum Gasteiger partial charge on any atom is -0.480 e. The van der Waals surface area contributed by atoms with Crippen molar-refractivity contribution in [2.75, 3.05) is 5.75 Å². The van der Waals surface area contributed by atoms with Crippen LogP contribution < -0.4 is 5.32 Å². The molecule has 2 unspecified atom stereocenters. The summed E-state index contributed by atoms with van der Waals surface area (Å²) in [6, 6.07) is -0.563. The molecule has 0 aromatic carbocycles. The van der Waals surface area contributed by atoms with Gasteiger partial charge >= 0.3 is 5.97 Å². The summed E-state index contributed by atoms with van der Waals surface area (Å²) in [7, 11) is 0. The summed E-state index contributed by atoms with van der Waals surface area (Å²) < 4.78 is 0. The molecule has 2 N–H and O–H groups in total. The molecule has 7 heteroatoms. The Morgan fingerprint density at radius 1 is 1.48 bits per heavy atom. The number of carbonyl (C=O) groups is 3. The van der Waals surface area contributed by atoms with Crippen LogP contribution in [0.25, 0.3) is 0 Å². The zero-order chi connectivity index (χ0) is 15.8. The number of hydrogen-bond acceptors (Lipinski definition) is 4. The summed E-state index contributed by atoms with van der Waals surface area (Å²) in [6.45, 7) is 5.46. The van der Waals surface area contributed by atoms with Crippen molar-refractivity contribution < 1.29 is 19.5 Å². The lowest BCUT2D eigenvalue weighted by Crippen LogP contribution is -2.59. The van der Waals surface area contributed by atoms with Gasteiger partial charge in [-0.05, 0) is 26.2 Å². The Balaban J connectivity index is 2.17. The summed E-state index contributed by atoms with van der Waals surface area (Å²) in [5.41, 5.74) is -1.25. The summed E-state index contributed by atoms with van der Waals surface area (Å²) in [6.07, 6.45) is 1.83. The van der Waals surface area contributed by atoms with Gasteiger partial charge in [0, 0.05) is 12.2 Å². The summed E-state index contributed by atoms with van der Waals surface area (Å²) >= 11 is 1.60. The van der Waals surface area contributed by atoms with Crippen LogP contribution in [0.15, 0.2) is 0 Å². The van der Waals surface area contributed by atoms with Crippen LogP contribution in [0, 0.1) is 0 Å². The Morgan fingerprint density at radius 2 is 2.10 bits per heavy atom. The lowest BCUT2D eigenvalue weighted by atomic mass is 9.92. The van der Waals surface area contributed by atoms with E-state index in [0.717, 1.165) is 6.42 Å². The van der Waals surface area contributed by atoms with Crippen LogP contribution in [0.2, 0.25) is 0 Å². The number of carbonyl (C=O) groups excluding carboxylic acids is 2. The van der Waals surface area contributed by atoms with Crippen molar-refractivity contribution in [3.05, 3.63) is 0 Å². The van der Waals surface area contributed by atoms with Gasteiger partial charge in [-0.15, -0.1) is 11.8 Å². The number of thioether (sulfide) groups is 1. The minimum absolute atomic E-state index is 0.0171. The number of nitrogens with zero attached hydrogens (tertiary/aromatic N) is 1. The van der Waals surface area contributed by atoms with Crippen LogP contribution in [0.4, 0.5) is 0 Å². The maximum atomic E-state index is 12.5. The van der Waals surface area contributed by atoms with E-state index in [1.165, 1.54) is 0 Å². The van der Waals surface area contributed by atoms with Gasteiger partial charge in [-0.3, -0.25) is 9.59 Å². The van der Waals surface area contributed by atoms with Crippen molar-refractivity contribution >= 4 is 29.5 Å². The van der Waals surface area contributed by atoms with E-state index >= 15 is 0 Å². The molecule has 6 nitrogen and oxygen atoms in total. The highest BCUT2D eigenvalue weighted by Gasteiger charge is 2.53. The first kappa shape index (κ1) is 16.1. The number of hydrogen-bond donors (Lipinski definition) is 2. The fraction of sp³-hybridized carbons (Fsp3) is 0.786. The van der Waals surface area contributed by atoms with Gasteiger partial charge in [-0.1, -0.05) is 13.8 Å². The Labute approximate surface area is 128 Å². The normalized spacial score (nSPS) is 28.6. The number of fused-ring (bicyclic) bond motifs is 1. The number of rotatable bonds is 5. The zero-order valence-corrected chi connectivity index (χ0v) is 13.5. The van der Waals surface area contributed by atoms with Crippen molar-refractivity contribution in [1.82, 2.24) is 10.2 Å². The lowest BCUT2D eigenvalue weighted by molar-refractivity contribution is -0.149. The molecule has 0 spiro atoms. The molecule has 2 amide bonds.